The van der Waals surface area contributed by atoms with Crippen LogP contribution in [0.1, 0.15) is 50.9 Å². The molecule has 184 valence electrons. The lowest BCUT2D eigenvalue weighted by Crippen LogP contribution is -2.45. The number of nitrogens with zero attached hydrogens (tertiary/aromatic N) is 3. The van der Waals surface area contributed by atoms with Crippen LogP contribution in [0.15, 0.2) is 47.2 Å². The molecule has 1 atom stereocenters. The fraction of sp³-hybridized carbons (Fsp3) is 0.385. The monoisotopic (exact) mass is 539 g/mol. The first-order valence-electron chi connectivity index (χ1n) is 11.7. The molecule has 3 aromatic rings. The summed E-state index contributed by atoms with van der Waals surface area (Å²) in [6.45, 7) is 8.90. The van der Waals surface area contributed by atoms with Crippen molar-refractivity contribution in [3.63, 3.8) is 0 Å². The minimum Gasteiger partial charge on any atom is -0.443 e. The first-order valence-corrected chi connectivity index (χ1v) is 12.5. The number of pyridine rings is 2. The van der Waals surface area contributed by atoms with E-state index in [9.17, 15) is 9.59 Å². The number of rotatable bonds is 6. The van der Waals surface area contributed by atoms with Gasteiger partial charge in [-0.25, -0.2) is 9.78 Å². The summed E-state index contributed by atoms with van der Waals surface area (Å²) in [7, 11) is 0. The number of carbonyl (C=O) groups is 2. The number of anilines is 3. The van der Waals surface area contributed by atoms with E-state index in [0.717, 1.165) is 28.3 Å². The Balaban J connectivity index is 1.67. The summed E-state index contributed by atoms with van der Waals surface area (Å²) in [5.41, 5.74) is 2.07. The number of carbonyl (C=O) groups excluding carboxylic acids is 2. The Hall–Kier alpha value is -3.04. The first-order chi connectivity index (χ1) is 16.7. The van der Waals surface area contributed by atoms with E-state index in [1.165, 1.54) is 0 Å². The SMILES string of the molecule is CCC(=O)c1cnc2ccc(Br)cc2c1Nc1ccc(N(C(=O)OC(C)(C)C)C2CCNC2)nc1. The van der Waals surface area contributed by atoms with Crippen molar-refractivity contribution in [2.75, 3.05) is 23.3 Å². The van der Waals surface area contributed by atoms with Gasteiger partial charge in [0.15, 0.2) is 5.78 Å². The van der Waals surface area contributed by atoms with Crippen LogP contribution in [0.25, 0.3) is 10.9 Å². The highest BCUT2D eigenvalue weighted by molar-refractivity contribution is 9.10. The van der Waals surface area contributed by atoms with Gasteiger partial charge in [-0.3, -0.25) is 14.7 Å². The van der Waals surface area contributed by atoms with Crippen molar-refractivity contribution in [3.8, 4) is 0 Å². The number of aromatic nitrogens is 2. The topological polar surface area (TPSA) is 96.5 Å². The lowest BCUT2D eigenvalue weighted by atomic mass is 10.0. The van der Waals surface area contributed by atoms with Crippen LogP contribution in [0.5, 0.6) is 0 Å². The van der Waals surface area contributed by atoms with Crippen molar-refractivity contribution >= 4 is 55.9 Å². The maximum atomic E-state index is 13.0. The van der Waals surface area contributed by atoms with Gasteiger partial charge in [-0.15, -0.1) is 0 Å². The predicted molar refractivity (Wildman–Crippen MR) is 142 cm³/mol. The molecule has 0 aliphatic carbocycles. The molecule has 3 heterocycles. The molecular formula is C26H30BrN5O3. The third-order valence-electron chi connectivity index (χ3n) is 5.71. The number of hydrogen-bond donors (Lipinski definition) is 2. The van der Waals surface area contributed by atoms with Crippen molar-refractivity contribution in [3.05, 3.63) is 52.8 Å². The number of halogens is 1. The molecule has 1 aliphatic rings. The second-order valence-corrected chi connectivity index (χ2v) is 10.4. The summed E-state index contributed by atoms with van der Waals surface area (Å²) in [6.07, 6.45) is 4.05. The van der Waals surface area contributed by atoms with Crippen LogP contribution < -0.4 is 15.5 Å². The number of amides is 1. The Kier molecular flexibility index (Phi) is 7.37. The molecule has 1 aliphatic heterocycles. The molecule has 1 amide bonds. The van der Waals surface area contributed by atoms with E-state index in [4.69, 9.17) is 4.74 Å². The number of ketones is 1. The van der Waals surface area contributed by atoms with Crippen LogP contribution in [-0.2, 0) is 4.74 Å². The molecule has 0 saturated carbocycles. The molecule has 1 saturated heterocycles. The summed E-state index contributed by atoms with van der Waals surface area (Å²) in [4.78, 5) is 36.4. The highest BCUT2D eigenvalue weighted by Crippen LogP contribution is 2.32. The van der Waals surface area contributed by atoms with Crippen LogP contribution in [0, 0.1) is 0 Å². The summed E-state index contributed by atoms with van der Waals surface area (Å²) in [6, 6.07) is 9.38. The van der Waals surface area contributed by atoms with Gasteiger partial charge < -0.3 is 15.4 Å². The van der Waals surface area contributed by atoms with E-state index in [-0.39, 0.29) is 11.8 Å². The molecule has 1 aromatic carbocycles. The molecular weight excluding hydrogens is 510 g/mol. The van der Waals surface area contributed by atoms with E-state index >= 15 is 0 Å². The Morgan fingerprint density at radius 2 is 2.00 bits per heavy atom. The van der Waals surface area contributed by atoms with Gasteiger partial charge in [0.25, 0.3) is 0 Å². The molecule has 2 N–H and O–H groups in total. The molecule has 1 unspecified atom stereocenters. The van der Waals surface area contributed by atoms with Crippen LogP contribution in [0.4, 0.5) is 22.0 Å². The van der Waals surface area contributed by atoms with Crippen LogP contribution in [-0.4, -0.2) is 46.6 Å². The van der Waals surface area contributed by atoms with E-state index in [1.807, 2.05) is 52.0 Å². The number of benzene rings is 1. The highest BCUT2D eigenvalue weighted by Gasteiger charge is 2.32. The number of nitrogens with one attached hydrogen (secondary N) is 2. The molecule has 1 fully saturated rings. The fourth-order valence-electron chi connectivity index (χ4n) is 4.05. The van der Waals surface area contributed by atoms with Gasteiger partial charge >= 0.3 is 6.09 Å². The molecule has 4 rings (SSSR count). The minimum atomic E-state index is -0.609. The summed E-state index contributed by atoms with van der Waals surface area (Å²) in [5, 5.41) is 7.50. The zero-order valence-corrected chi connectivity index (χ0v) is 22.0. The van der Waals surface area contributed by atoms with E-state index in [0.29, 0.717) is 35.7 Å². The van der Waals surface area contributed by atoms with Crippen molar-refractivity contribution in [2.45, 2.75) is 52.2 Å². The van der Waals surface area contributed by atoms with Gasteiger partial charge in [0.05, 0.1) is 34.7 Å². The van der Waals surface area contributed by atoms with Gasteiger partial charge in [-0.2, -0.15) is 0 Å². The number of fused-ring (bicyclic) bond motifs is 1. The van der Waals surface area contributed by atoms with Gasteiger partial charge in [0.1, 0.15) is 11.4 Å². The van der Waals surface area contributed by atoms with Gasteiger partial charge in [-0.05, 0) is 64.1 Å². The van der Waals surface area contributed by atoms with Crippen LogP contribution in [0.2, 0.25) is 0 Å². The number of hydrogen-bond acceptors (Lipinski definition) is 7. The summed E-state index contributed by atoms with van der Waals surface area (Å²) in [5.74, 6) is 0.516. The van der Waals surface area contributed by atoms with Crippen LogP contribution in [0.3, 0.4) is 0 Å². The Morgan fingerprint density at radius 3 is 2.63 bits per heavy atom. The molecule has 0 spiro atoms. The standard InChI is InChI=1S/C26H30BrN5O3/c1-5-22(33)20-15-29-21-8-6-16(27)12-19(21)24(20)31-17-7-9-23(30-13-17)32(18-10-11-28-14-18)25(34)35-26(2,3)4/h6-9,12-13,15,18,28H,5,10-11,14H2,1-4H3,(H,29,31). The van der Waals surface area contributed by atoms with E-state index in [2.05, 4.69) is 36.5 Å². The van der Waals surface area contributed by atoms with Crippen molar-refractivity contribution < 1.29 is 14.3 Å². The van der Waals surface area contributed by atoms with Gasteiger partial charge in [-0.1, -0.05) is 22.9 Å². The minimum absolute atomic E-state index is 0.00344. The lowest BCUT2D eigenvalue weighted by molar-refractivity contribution is 0.0566. The zero-order valence-electron chi connectivity index (χ0n) is 20.4. The van der Waals surface area contributed by atoms with Gasteiger partial charge in [0, 0.05) is 29.0 Å². The summed E-state index contributed by atoms with van der Waals surface area (Å²) < 4.78 is 6.55. The predicted octanol–water partition coefficient (Wildman–Crippen LogP) is 5.83. The van der Waals surface area contributed by atoms with Crippen molar-refractivity contribution in [1.29, 1.82) is 0 Å². The maximum Gasteiger partial charge on any atom is 0.416 e. The quantitative estimate of drug-likeness (QED) is 0.380. The molecule has 0 bridgehead atoms. The smallest absolute Gasteiger partial charge is 0.416 e. The average molecular weight is 540 g/mol. The second kappa shape index (κ2) is 10.3. The third kappa shape index (κ3) is 5.79. The fourth-order valence-corrected chi connectivity index (χ4v) is 4.41. The second-order valence-electron chi connectivity index (χ2n) is 9.51. The average Bonchev–Trinajstić information content (AvgIpc) is 3.33. The van der Waals surface area contributed by atoms with Crippen molar-refractivity contribution in [1.82, 2.24) is 15.3 Å². The normalized spacial score (nSPS) is 15.7. The molecule has 0 radical (unpaired) electrons. The van der Waals surface area contributed by atoms with E-state index in [1.54, 1.807) is 23.4 Å². The highest BCUT2D eigenvalue weighted by atomic mass is 79.9. The van der Waals surface area contributed by atoms with Crippen LogP contribution >= 0.6 is 15.9 Å². The third-order valence-corrected chi connectivity index (χ3v) is 6.20. The summed E-state index contributed by atoms with van der Waals surface area (Å²) >= 11 is 3.52. The maximum absolute atomic E-state index is 13.0. The Labute approximate surface area is 213 Å². The lowest BCUT2D eigenvalue weighted by Gasteiger charge is -2.30. The number of ether oxygens (including phenoxy) is 1. The van der Waals surface area contributed by atoms with E-state index < -0.39 is 11.7 Å². The largest absolute Gasteiger partial charge is 0.443 e. The zero-order chi connectivity index (χ0) is 25.2. The molecule has 2 aromatic heterocycles. The molecule has 9 heteroatoms. The van der Waals surface area contributed by atoms with Crippen molar-refractivity contribution in [2.24, 2.45) is 0 Å². The number of Topliss-reactive ketones (excluding diaryl/α,β-unsaturated/α-hetero) is 1. The Bertz CT molecular complexity index is 1230. The molecule has 35 heavy (non-hydrogen) atoms. The first kappa shape index (κ1) is 25.1. The Morgan fingerprint density at radius 1 is 1.20 bits per heavy atom. The van der Waals surface area contributed by atoms with Gasteiger partial charge in [0.2, 0.25) is 0 Å². The molecule has 8 nitrogen and oxygen atoms in total.